The molecule has 4 nitrogen and oxygen atoms in total. The van der Waals surface area contributed by atoms with Crippen LogP contribution in [0.1, 0.15) is 16.8 Å². The highest BCUT2D eigenvalue weighted by molar-refractivity contribution is 5.75. The zero-order valence-electron chi connectivity index (χ0n) is 13.3. The molecule has 4 heteroatoms. The van der Waals surface area contributed by atoms with Gasteiger partial charge in [0.1, 0.15) is 0 Å². The van der Waals surface area contributed by atoms with Gasteiger partial charge in [-0.3, -0.25) is 4.98 Å². The van der Waals surface area contributed by atoms with Crippen molar-refractivity contribution in [1.29, 1.82) is 0 Å². The number of rotatable bonds is 5. The largest absolute Gasteiger partial charge is 0.411 e. The standard InChI is InChI=1S/C14H14O.C6H6N2O/c1-3-7-13(8-4-1)11-15-12-14-9-5-2-6-10-14;9-8-5-6-3-1-2-4-7-6/h1-10H,11-12H2;1-5,9H. The molecule has 2 aromatic carbocycles. The van der Waals surface area contributed by atoms with Crippen molar-refractivity contribution < 1.29 is 9.94 Å². The van der Waals surface area contributed by atoms with Crippen LogP contribution in [0.2, 0.25) is 0 Å². The molecule has 0 saturated carbocycles. The Balaban J connectivity index is 0.000000198. The number of ether oxygens (including phenoxy) is 1. The zero-order valence-corrected chi connectivity index (χ0v) is 13.3. The quantitative estimate of drug-likeness (QED) is 0.433. The van der Waals surface area contributed by atoms with Crippen molar-refractivity contribution in [3.8, 4) is 0 Å². The van der Waals surface area contributed by atoms with Crippen molar-refractivity contribution in [3.63, 3.8) is 0 Å². The SMILES string of the molecule is ON=Cc1ccccn1.c1ccc(COCc2ccccc2)cc1. The van der Waals surface area contributed by atoms with Gasteiger partial charge in [0.05, 0.1) is 25.1 Å². The Morgan fingerprint density at radius 3 is 1.79 bits per heavy atom. The minimum Gasteiger partial charge on any atom is -0.411 e. The summed E-state index contributed by atoms with van der Waals surface area (Å²) in [5.41, 5.74) is 3.09. The van der Waals surface area contributed by atoms with Crippen LogP contribution >= 0.6 is 0 Å². The van der Waals surface area contributed by atoms with Crippen LogP contribution in [0, 0.1) is 0 Å². The van der Waals surface area contributed by atoms with Crippen LogP contribution in [0.15, 0.2) is 90.2 Å². The lowest BCUT2D eigenvalue weighted by atomic mass is 10.2. The molecule has 0 saturated heterocycles. The maximum Gasteiger partial charge on any atom is 0.0918 e. The fraction of sp³-hybridized carbons (Fsp3) is 0.100. The van der Waals surface area contributed by atoms with E-state index in [0.29, 0.717) is 18.9 Å². The van der Waals surface area contributed by atoms with E-state index in [2.05, 4.69) is 34.4 Å². The second kappa shape index (κ2) is 10.7. The fourth-order valence-electron chi connectivity index (χ4n) is 1.95. The first-order chi connectivity index (χ1) is 11.9. The molecule has 0 amide bonds. The molecule has 3 rings (SSSR count). The Morgan fingerprint density at radius 2 is 1.33 bits per heavy atom. The van der Waals surface area contributed by atoms with Gasteiger partial charge >= 0.3 is 0 Å². The third-order valence-electron chi connectivity index (χ3n) is 3.10. The number of benzene rings is 2. The molecule has 1 heterocycles. The van der Waals surface area contributed by atoms with E-state index in [9.17, 15) is 0 Å². The fourth-order valence-corrected chi connectivity index (χ4v) is 1.95. The summed E-state index contributed by atoms with van der Waals surface area (Å²) in [5, 5.41) is 10.9. The highest BCUT2D eigenvalue weighted by Gasteiger charge is 1.93. The molecule has 0 aliphatic heterocycles. The number of nitrogens with zero attached hydrogens (tertiary/aromatic N) is 2. The van der Waals surface area contributed by atoms with E-state index in [-0.39, 0.29) is 0 Å². The molecule has 0 spiro atoms. The van der Waals surface area contributed by atoms with Gasteiger partial charge in [-0.05, 0) is 23.3 Å². The van der Waals surface area contributed by atoms with Crippen LogP contribution in [0.25, 0.3) is 0 Å². The first-order valence-corrected chi connectivity index (χ1v) is 7.62. The molecular formula is C20H20N2O2. The van der Waals surface area contributed by atoms with Gasteiger partial charge in [-0.1, -0.05) is 71.9 Å². The minimum atomic E-state index is 0.653. The second-order valence-electron chi connectivity index (χ2n) is 4.96. The topological polar surface area (TPSA) is 54.7 Å². The molecule has 0 bridgehead atoms. The normalized spacial score (nSPS) is 10.2. The van der Waals surface area contributed by atoms with Gasteiger partial charge in [-0.2, -0.15) is 0 Å². The van der Waals surface area contributed by atoms with Crippen LogP contribution in [-0.4, -0.2) is 16.4 Å². The highest BCUT2D eigenvalue weighted by atomic mass is 16.5. The molecule has 1 N–H and O–H groups in total. The Labute approximate surface area is 142 Å². The van der Waals surface area contributed by atoms with Crippen LogP contribution in [0.3, 0.4) is 0 Å². The Hall–Kier alpha value is -2.98. The molecule has 122 valence electrons. The summed E-state index contributed by atoms with van der Waals surface area (Å²) in [7, 11) is 0. The summed E-state index contributed by atoms with van der Waals surface area (Å²) < 4.78 is 5.61. The predicted octanol–water partition coefficient (Wildman–Crippen LogP) is 4.29. The smallest absolute Gasteiger partial charge is 0.0918 e. The maximum absolute atomic E-state index is 8.05. The number of aromatic nitrogens is 1. The second-order valence-corrected chi connectivity index (χ2v) is 4.96. The molecule has 1 aromatic heterocycles. The van der Waals surface area contributed by atoms with Gasteiger partial charge in [-0.15, -0.1) is 0 Å². The van der Waals surface area contributed by atoms with E-state index >= 15 is 0 Å². The summed E-state index contributed by atoms with van der Waals surface area (Å²) in [6.45, 7) is 1.35. The van der Waals surface area contributed by atoms with E-state index in [4.69, 9.17) is 9.94 Å². The van der Waals surface area contributed by atoms with E-state index in [1.807, 2.05) is 42.5 Å². The monoisotopic (exact) mass is 320 g/mol. The van der Waals surface area contributed by atoms with Crippen molar-refractivity contribution in [2.45, 2.75) is 13.2 Å². The lowest BCUT2D eigenvalue weighted by molar-refractivity contribution is 0.107. The molecule has 0 aliphatic rings. The zero-order chi connectivity index (χ0) is 16.9. The summed E-state index contributed by atoms with van der Waals surface area (Å²) in [5.74, 6) is 0. The van der Waals surface area contributed by atoms with Crippen LogP contribution < -0.4 is 0 Å². The lowest BCUT2D eigenvalue weighted by Gasteiger charge is -2.03. The van der Waals surface area contributed by atoms with Gasteiger partial charge in [-0.25, -0.2) is 0 Å². The highest BCUT2D eigenvalue weighted by Crippen LogP contribution is 2.05. The number of hydrogen-bond donors (Lipinski definition) is 1. The van der Waals surface area contributed by atoms with Crippen LogP contribution in [-0.2, 0) is 18.0 Å². The summed E-state index contributed by atoms with van der Waals surface area (Å²) >= 11 is 0. The van der Waals surface area contributed by atoms with Gasteiger partial charge in [0.2, 0.25) is 0 Å². The minimum absolute atomic E-state index is 0.653. The average molecular weight is 320 g/mol. The van der Waals surface area contributed by atoms with Crippen molar-refractivity contribution in [1.82, 2.24) is 4.98 Å². The molecule has 0 aliphatic carbocycles. The summed E-state index contributed by atoms with van der Waals surface area (Å²) in [6.07, 6.45) is 2.91. The average Bonchev–Trinajstić information content (AvgIpc) is 2.65. The van der Waals surface area contributed by atoms with Gasteiger partial charge < -0.3 is 9.94 Å². The van der Waals surface area contributed by atoms with Crippen LogP contribution in [0.4, 0.5) is 0 Å². The van der Waals surface area contributed by atoms with Gasteiger partial charge in [0, 0.05) is 6.20 Å². The molecule has 0 fully saturated rings. The number of pyridine rings is 1. The first-order valence-electron chi connectivity index (χ1n) is 7.62. The Morgan fingerprint density at radius 1 is 0.792 bits per heavy atom. The van der Waals surface area contributed by atoms with E-state index in [1.54, 1.807) is 18.3 Å². The number of oxime groups is 1. The first kappa shape index (κ1) is 17.4. The summed E-state index contributed by atoms with van der Waals surface area (Å²) in [6, 6.07) is 25.8. The lowest BCUT2D eigenvalue weighted by Crippen LogP contribution is -1.93. The van der Waals surface area contributed by atoms with E-state index in [0.717, 1.165) is 0 Å². The molecule has 0 atom stereocenters. The summed E-state index contributed by atoms with van der Waals surface area (Å²) in [4.78, 5) is 3.86. The van der Waals surface area contributed by atoms with Crippen molar-refractivity contribution in [3.05, 3.63) is 102 Å². The molecule has 0 radical (unpaired) electrons. The maximum atomic E-state index is 8.05. The third kappa shape index (κ3) is 6.85. The van der Waals surface area contributed by atoms with E-state index < -0.39 is 0 Å². The van der Waals surface area contributed by atoms with Crippen molar-refractivity contribution in [2.75, 3.05) is 0 Å². The van der Waals surface area contributed by atoms with Gasteiger partial charge in [0.25, 0.3) is 0 Å². The van der Waals surface area contributed by atoms with Gasteiger partial charge in [0.15, 0.2) is 0 Å². The van der Waals surface area contributed by atoms with E-state index in [1.165, 1.54) is 17.3 Å². The third-order valence-corrected chi connectivity index (χ3v) is 3.10. The van der Waals surface area contributed by atoms with Crippen molar-refractivity contribution in [2.24, 2.45) is 5.16 Å². The van der Waals surface area contributed by atoms with Crippen LogP contribution in [0.5, 0.6) is 0 Å². The predicted molar refractivity (Wildman–Crippen MR) is 95.0 cm³/mol. The molecule has 0 unspecified atom stereocenters. The van der Waals surface area contributed by atoms with Crippen molar-refractivity contribution >= 4 is 6.21 Å². The number of hydrogen-bond acceptors (Lipinski definition) is 4. The Kier molecular flexibility index (Phi) is 7.74. The Bertz CT molecular complexity index is 662. The molecule has 3 aromatic rings. The molecule has 24 heavy (non-hydrogen) atoms. The molecular weight excluding hydrogens is 300 g/mol.